The highest BCUT2D eigenvalue weighted by Gasteiger charge is 2.50. The molecular weight excluding hydrogens is 296 g/mol. The van der Waals surface area contributed by atoms with Gasteiger partial charge < -0.3 is 5.32 Å². The van der Waals surface area contributed by atoms with Crippen LogP contribution in [0.25, 0.3) is 16.6 Å². The average Bonchev–Trinajstić information content (AvgIpc) is 2.91. The highest BCUT2D eigenvalue weighted by atomic mass is 15.3. The Morgan fingerprint density at radius 3 is 2.71 bits per heavy atom. The van der Waals surface area contributed by atoms with Crippen LogP contribution >= 0.6 is 0 Å². The fourth-order valence-corrected chi connectivity index (χ4v) is 5.07. The van der Waals surface area contributed by atoms with Crippen molar-refractivity contribution < 1.29 is 0 Å². The predicted octanol–water partition coefficient (Wildman–Crippen LogP) is 4.43. The van der Waals surface area contributed by atoms with E-state index in [0.29, 0.717) is 11.5 Å². The van der Waals surface area contributed by atoms with E-state index in [9.17, 15) is 0 Å². The van der Waals surface area contributed by atoms with E-state index in [2.05, 4.69) is 54.6 Å². The number of hydrogen-bond acceptors (Lipinski definition) is 3. The molecule has 1 N–H and O–H groups in total. The summed E-state index contributed by atoms with van der Waals surface area (Å²) in [7, 11) is 0. The first-order chi connectivity index (χ1) is 11.5. The second-order valence-corrected chi connectivity index (χ2v) is 8.53. The number of aryl methyl sites for hydroxylation is 1. The molecule has 2 aliphatic rings. The van der Waals surface area contributed by atoms with Crippen LogP contribution in [0.1, 0.15) is 38.8 Å². The number of benzene rings is 1. The zero-order chi connectivity index (χ0) is 16.5. The van der Waals surface area contributed by atoms with Crippen molar-refractivity contribution in [3.63, 3.8) is 0 Å². The van der Waals surface area contributed by atoms with Crippen molar-refractivity contribution >= 4 is 22.4 Å². The minimum Gasteiger partial charge on any atom is -0.366 e. The smallest absolute Gasteiger partial charge is 0.158 e. The molecule has 2 unspecified atom stereocenters. The van der Waals surface area contributed by atoms with E-state index in [1.54, 1.807) is 0 Å². The molecule has 4 heteroatoms. The van der Waals surface area contributed by atoms with Gasteiger partial charge in [-0.3, -0.25) is 0 Å². The van der Waals surface area contributed by atoms with Gasteiger partial charge in [0, 0.05) is 17.5 Å². The largest absolute Gasteiger partial charge is 0.366 e. The molecule has 5 rings (SSSR count). The first kappa shape index (κ1) is 14.3. The molecule has 4 nitrogen and oxygen atoms in total. The molecule has 0 amide bonds. The maximum Gasteiger partial charge on any atom is 0.158 e. The van der Waals surface area contributed by atoms with Crippen LogP contribution in [0.5, 0.6) is 0 Å². The van der Waals surface area contributed by atoms with E-state index < -0.39 is 0 Å². The molecule has 0 radical (unpaired) electrons. The van der Waals surface area contributed by atoms with Crippen molar-refractivity contribution in [2.45, 2.75) is 46.1 Å². The van der Waals surface area contributed by atoms with Crippen molar-refractivity contribution in [2.75, 3.05) is 5.32 Å². The topological polar surface area (TPSA) is 42.2 Å². The molecule has 0 spiro atoms. The lowest BCUT2D eigenvalue weighted by molar-refractivity contribution is 0.00357. The van der Waals surface area contributed by atoms with Gasteiger partial charge >= 0.3 is 0 Å². The van der Waals surface area contributed by atoms with E-state index >= 15 is 0 Å². The normalized spacial score (nSPS) is 28.0. The highest BCUT2D eigenvalue weighted by Crippen LogP contribution is 2.54. The molecule has 124 valence electrons. The van der Waals surface area contributed by atoms with Gasteiger partial charge in [-0.25, -0.2) is 9.50 Å². The zero-order valence-electron chi connectivity index (χ0n) is 14.6. The molecule has 3 aromatic rings. The third-order valence-corrected chi connectivity index (χ3v) is 5.98. The summed E-state index contributed by atoms with van der Waals surface area (Å²) in [6, 6.07) is 11.1. The van der Waals surface area contributed by atoms with Crippen LogP contribution in [0.4, 0.5) is 5.82 Å². The molecular formula is C20H24N4. The third kappa shape index (κ3) is 2.05. The quantitative estimate of drug-likeness (QED) is 0.759. The average molecular weight is 320 g/mol. The molecule has 2 saturated carbocycles. The summed E-state index contributed by atoms with van der Waals surface area (Å²) in [5, 5.41) is 9.57. The number of para-hydroxylation sites is 1. The fraction of sp³-hybridized carbons (Fsp3) is 0.500. The highest BCUT2D eigenvalue weighted by molar-refractivity contribution is 5.91. The number of aromatic nitrogens is 3. The van der Waals surface area contributed by atoms with E-state index in [1.807, 2.05) is 11.4 Å². The van der Waals surface area contributed by atoms with Crippen molar-refractivity contribution in [3.8, 4) is 0 Å². The second kappa shape index (κ2) is 4.71. The van der Waals surface area contributed by atoms with Crippen LogP contribution in [0.3, 0.4) is 0 Å². The predicted molar refractivity (Wildman–Crippen MR) is 97.3 cm³/mol. The molecule has 2 aliphatic carbocycles. The van der Waals surface area contributed by atoms with Crippen molar-refractivity contribution in [2.24, 2.45) is 17.3 Å². The van der Waals surface area contributed by atoms with Crippen LogP contribution < -0.4 is 5.32 Å². The summed E-state index contributed by atoms with van der Waals surface area (Å²) in [5.74, 6) is 2.61. The lowest BCUT2D eigenvalue weighted by Crippen LogP contribution is -2.54. The maximum absolute atomic E-state index is 4.90. The van der Waals surface area contributed by atoms with Gasteiger partial charge in [0.1, 0.15) is 5.82 Å². The molecule has 2 bridgehead atoms. The summed E-state index contributed by atoms with van der Waals surface area (Å²) < 4.78 is 1.96. The third-order valence-electron chi connectivity index (χ3n) is 5.98. The monoisotopic (exact) mass is 320 g/mol. The van der Waals surface area contributed by atoms with Crippen LogP contribution in [0.15, 0.2) is 30.3 Å². The number of fused-ring (bicyclic) bond motifs is 5. The van der Waals surface area contributed by atoms with Crippen molar-refractivity contribution in [1.82, 2.24) is 14.6 Å². The van der Waals surface area contributed by atoms with Gasteiger partial charge in [0.25, 0.3) is 0 Å². The molecule has 2 atom stereocenters. The number of anilines is 1. The summed E-state index contributed by atoms with van der Waals surface area (Å²) in [4.78, 5) is 4.90. The maximum atomic E-state index is 4.90. The van der Waals surface area contributed by atoms with Crippen molar-refractivity contribution in [1.29, 1.82) is 0 Å². The van der Waals surface area contributed by atoms with Crippen LogP contribution in [-0.2, 0) is 0 Å². The van der Waals surface area contributed by atoms with Gasteiger partial charge in [-0.2, -0.15) is 5.10 Å². The minimum absolute atomic E-state index is 0.508. The first-order valence-electron chi connectivity index (χ1n) is 9.02. The van der Waals surface area contributed by atoms with Gasteiger partial charge in [0.05, 0.1) is 11.2 Å². The summed E-state index contributed by atoms with van der Waals surface area (Å²) in [6.07, 6.45) is 4.04. The van der Waals surface area contributed by atoms with Gasteiger partial charge in [0.2, 0.25) is 0 Å². The molecule has 0 saturated heterocycles. The fourth-order valence-electron chi connectivity index (χ4n) is 5.07. The van der Waals surface area contributed by atoms with E-state index in [0.717, 1.165) is 39.9 Å². The van der Waals surface area contributed by atoms with Gasteiger partial charge in [0.15, 0.2) is 5.65 Å². The zero-order valence-corrected chi connectivity index (χ0v) is 14.6. The van der Waals surface area contributed by atoms with Crippen LogP contribution in [-0.4, -0.2) is 20.6 Å². The van der Waals surface area contributed by atoms with Crippen LogP contribution in [0, 0.1) is 24.2 Å². The summed E-state index contributed by atoms with van der Waals surface area (Å²) >= 11 is 0. The Morgan fingerprint density at radius 2 is 1.92 bits per heavy atom. The van der Waals surface area contributed by atoms with Gasteiger partial charge in [-0.1, -0.05) is 26.0 Å². The van der Waals surface area contributed by atoms with E-state index in [4.69, 9.17) is 4.98 Å². The Labute approximate surface area is 142 Å². The first-order valence-corrected chi connectivity index (χ1v) is 9.02. The standard InChI is InChI=1S/C20H24N4/c1-12-8-17-21-19(15-6-4-5-7-16(15)24(17)23-12)22-18-13-9-14(18)11-20(2,3)10-13/h4-8,13-14,18H,9-11H2,1-3H3,(H,21,22). The number of nitrogens with zero attached hydrogens (tertiary/aromatic N) is 3. The number of rotatable bonds is 2. The Kier molecular flexibility index (Phi) is 2.80. The second-order valence-electron chi connectivity index (χ2n) is 8.53. The summed E-state index contributed by atoms with van der Waals surface area (Å²) in [6.45, 7) is 6.85. The Hall–Kier alpha value is -2.10. The minimum atomic E-state index is 0.508. The van der Waals surface area contributed by atoms with E-state index in [-0.39, 0.29) is 0 Å². The lowest BCUT2D eigenvalue weighted by atomic mass is 9.53. The van der Waals surface area contributed by atoms with Crippen molar-refractivity contribution in [3.05, 3.63) is 36.0 Å². The number of hydrogen-bond donors (Lipinski definition) is 1. The number of nitrogens with one attached hydrogen (secondary N) is 1. The molecule has 0 aliphatic heterocycles. The molecule has 24 heavy (non-hydrogen) atoms. The molecule has 2 fully saturated rings. The Morgan fingerprint density at radius 1 is 1.17 bits per heavy atom. The molecule has 2 aromatic heterocycles. The SMILES string of the molecule is Cc1cc2nc(NC3C4CC3CC(C)(C)C4)c3ccccc3n2n1. The summed E-state index contributed by atoms with van der Waals surface area (Å²) in [5.41, 5.74) is 3.57. The lowest BCUT2D eigenvalue weighted by Gasteiger charge is -2.56. The Balaban J connectivity index is 1.57. The van der Waals surface area contributed by atoms with Crippen LogP contribution in [0.2, 0.25) is 0 Å². The van der Waals surface area contributed by atoms with Gasteiger partial charge in [-0.05, 0) is 55.6 Å². The van der Waals surface area contributed by atoms with E-state index in [1.165, 1.54) is 19.3 Å². The van der Waals surface area contributed by atoms with Gasteiger partial charge in [-0.15, -0.1) is 0 Å². The molecule has 2 heterocycles. The molecule has 1 aromatic carbocycles. The Bertz CT molecular complexity index is 925.